The van der Waals surface area contributed by atoms with Crippen LogP contribution in [-0.4, -0.2) is 55.4 Å². The first-order valence-electron chi connectivity index (χ1n) is 7.72. The lowest BCUT2D eigenvalue weighted by Crippen LogP contribution is -2.45. The van der Waals surface area contributed by atoms with Gasteiger partial charge in [-0.2, -0.15) is 4.98 Å². The van der Waals surface area contributed by atoms with Crippen LogP contribution in [0.4, 0.5) is 11.8 Å². The van der Waals surface area contributed by atoms with Crippen LogP contribution in [0.2, 0.25) is 0 Å². The Morgan fingerprint density at radius 2 is 1.95 bits per heavy atom. The number of piperazine rings is 1. The Balaban J connectivity index is 1.87. The minimum absolute atomic E-state index is 0.0122. The van der Waals surface area contributed by atoms with Gasteiger partial charge in [-0.25, -0.2) is 4.98 Å². The lowest BCUT2D eigenvalue weighted by molar-refractivity contribution is 0.0209. The number of nitrogens with zero attached hydrogens (tertiary/aromatic N) is 3. The molecule has 3 heterocycles. The van der Waals surface area contributed by atoms with Crippen LogP contribution >= 0.6 is 0 Å². The average molecular weight is 291 g/mol. The number of nitrogens with one attached hydrogen (secondary N) is 2. The maximum Gasteiger partial charge on any atom is 0.227 e. The second-order valence-corrected chi connectivity index (χ2v) is 6.80. The molecule has 0 unspecified atom stereocenters. The van der Waals surface area contributed by atoms with E-state index in [-0.39, 0.29) is 5.41 Å². The van der Waals surface area contributed by atoms with Gasteiger partial charge < -0.3 is 20.3 Å². The Hall–Kier alpha value is -1.40. The fourth-order valence-corrected chi connectivity index (χ4v) is 2.43. The minimum Gasteiger partial charge on any atom is -0.377 e. The lowest BCUT2D eigenvalue weighted by atomic mass is 9.92. The van der Waals surface area contributed by atoms with Gasteiger partial charge in [0.15, 0.2) is 0 Å². The van der Waals surface area contributed by atoms with Gasteiger partial charge in [0, 0.05) is 37.7 Å². The van der Waals surface area contributed by atoms with Gasteiger partial charge in [0.2, 0.25) is 5.95 Å². The van der Waals surface area contributed by atoms with E-state index in [9.17, 15) is 0 Å². The lowest BCUT2D eigenvalue weighted by Gasteiger charge is -2.31. The van der Waals surface area contributed by atoms with Crippen molar-refractivity contribution >= 4 is 11.8 Å². The van der Waals surface area contributed by atoms with Crippen molar-refractivity contribution in [3.63, 3.8) is 0 Å². The van der Waals surface area contributed by atoms with Crippen LogP contribution < -0.4 is 15.5 Å². The van der Waals surface area contributed by atoms with Crippen LogP contribution in [0, 0.1) is 0 Å². The summed E-state index contributed by atoms with van der Waals surface area (Å²) in [7, 11) is 0. The van der Waals surface area contributed by atoms with Gasteiger partial charge in [-0.05, 0) is 0 Å². The van der Waals surface area contributed by atoms with E-state index in [1.807, 2.05) is 0 Å². The molecule has 1 aromatic rings. The Bertz CT molecular complexity index is 489. The quantitative estimate of drug-likeness (QED) is 0.866. The number of hydrogen-bond acceptors (Lipinski definition) is 6. The Labute approximate surface area is 126 Å². The number of aromatic nitrogens is 2. The highest BCUT2D eigenvalue weighted by atomic mass is 16.5. The molecule has 0 saturated carbocycles. The third-order valence-electron chi connectivity index (χ3n) is 3.87. The molecule has 0 radical (unpaired) electrons. The Kier molecular flexibility index (Phi) is 3.99. The molecule has 6 nitrogen and oxygen atoms in total. The van der Waals surface area contributed by atoms with E-state index in [2.05, 4.69) is 42.4 Å². The zero-order valence-electron chi connectivity index (χ0n) is 13.1. The highest BCUT2D eigenvalue weighted by molar-refractivity contribution is 5.46. The summed E-state index contributed by atoms with van der Waals surface area (Å²) >= 11 is 0. The van der Waals surface area contributed by atoms with E-state index in [0.717, 1.165) is 56.9 Å². The summed E-state index contributed by atoms with van der Waals surface area (Å²) in [5, 5.41) is 6.82. The molecule has 1 aromatic heterocycles. The predicted octanol–water partition coefficient (Wildman–Crippen LogP) is 0.994. The number of hydrogen-bond donors (Lipinski definition) is 2. The first-order chi connectivity index (χ1) is 10.0. The molecule has 0 amide bonds. The van der Waals surface area contributed by atoms with Crippen molar-refractivity contribution in [2.24, 2.45) is 0 Å². The smallest absolute Gasteiger partial charge is 0.227 e. The molecule has 2 aliphatic heterocycles. The topological polar surface area (TPSA) is 62.3 Å². The SMILES string of the molecule is CC(C)(C)c1cc(NC2COC2)nc(N2CCNCC2)n1. The van der Waals surface area contributed by atoms with Gasteiger partial charge in [0.1, 0.15) is 5.82 Å². The van der Waals surface area contributed by atoms with Crippen LogP contribution in [0.1, 0.15) is 26.5 Å². The Morgan fingerprint density at radius 1 is 1.24 bits per heavy atom. The third-order valence-corrected chi connectivity index (χ3v) is 3.87. The Morgan fingerprint density at radius 3 is 2.52 bits per heavy atom. The molecular formula is C15H25N5O. The third kappa shape index (κ3) is 3.44. The van der Waals surface area contributed by atoms with Crippen molar-refractivity contribution < 1.29 is 4.74 Å². The summed E-state index contributed by atoms with van der Waals surface area (Å²) in [6.45, 7) is 12.0. The van der Waals surface area contributed by atoms with Crippen molar-refractivity contribution in [2.75, 3.05) is 49.6 Å². The van der Waals surface area contributed by atoms with E-state index in [1.165, 1.54) is 0 Å². The van der Waals surface area contributed by atoms with Crippen molar-refractivity contribution in [2.45, 2.75) is 32.2 Å². The molecular weight excluding hydrogens is 266 g/mol. The second-order valence-electron chi connectivity index (χ2n) is 6.80. The molecule has 3 rings (SSSR count). The van der Waals surface area contributed by atoms with Crippen LogP contribution in [-0.2, 0) is 10.2 Å². The monoisotopic (exact) mass is 291 g/mol. The van der Waals surface area contributed by atoms with Gasteiger partial charge in [-0.15, -0.1) is 0 Å². The largest absolute Gasteiger partial charge is 0.377 e. The molecule has 2 N–H and O–H groups in total. The maximum atomic E-state index is 5.23. The van der Waals surface area contributed by atoms with Gasteiger partial charge in [-0.1, -0.05) is 20.8 Å². The number of anilines is 2. The average Bonchev–Trinajstić information content (AvgIpc) is 2.43. The van der Waals surface area contributed by atoms with Crippen molar-refractivity contribution in [3.8, 4) is 0 Å². The molecule has 6 heteroatoms. The molecule has 116 valence electrons. The van der Waals surface area contributed by atoms with E-state index in [4.69, 9.17) is 14.7 Å². The highest BCUT2D eigenvalue weighted by Crippen LogP contribution is 2.25. The van der Waals surface area contributed by atoms with Gasteiger partial charge >= 0.3 is 0 Å². The molecule has 0 atom stereocenters. The van der Waals surface area contributed by atoms with Crippen LogP contribution in [0.25, 0.3) is 0 Å². The van der Waals surface area contributed by atoms with E-state index in [1.54, 1.807) is 0 Å². The normalized spacial score (nSPS) is 20.2. The first kappa shape index (κ1) is 14.5. The molecule has 21 heavy (non-hydrogen) atoms. The highest BCUT2D eigenvalue weighted by Gasteiger charge is 2.23. The maximum absolute atomic E-state index is 5.23. The van der Waals surface area contributed by atoms with Crippen molar-refractivity contribution in [3.05, 3.63) is 11.8 Å². The van der Waals surface area contributed by atoms with Gasteiger partial charge in [0.05, 0.1) is 24.9 Å². The number of ether oxygens (including phenoxy) is 1. The van der Waals surface area contributed by atoms with Crippen molar-refractivity contribution in [1.29, 1.82) is 0 Å². The van der Waals surface area contributed by atoms with Gasteiger partial charge in [0.25, 0.3) is 0 Å². The molecule has 2 fully saturated rings. The summed E-state index contributed by atoms with van der Waals surface area (Å²) in [6.07, 6.45) is 0. The van der Waals surface area contributed by atoms with Gasteiger partial charge in [-0.3, -0.25) is 0 Å². The summed E-state index contributed by atoms with van der Waals surface area (Å²) in [5.41, 5.74) is 1.09. The molecule has 2 aliphatic rings. The van der Waals surface area contributed by atoms with E-state index in [0.29, 0.717) is 6.04 Å². The number of rotatable bonds is 3. The molecule has 2 saturated heterocycles. The van der Waals surface area contributed by atoms with Crippen LogP contribution in [0.15, 0.2) is 6.07 Å². The van der Waals surface area contributed by atoms with Crippen LogP contribution in [0.3, 0.4) is 0 Å². The standard InChI is InChI=1S/C15H25N5O/c1-15(2,3)12-8-13(17-11-9-21-10-11)19-14(18-12)20-6-4-16-5-7-20/h8,11,16H,4-7,9-10H2,1-3H3,(H,17,18,19). The van der Waals surface area contributed by atoms with Crippen molar-refractivity contribution in [1.82, 2.24) is 15.3 Å². The summed E-state index contributed by atoms with van der Waals surface area (Å²) in [6, 6.07) is 2.45. The molecule has 0 aliphatic carbocycles. The fourth-order valence-electron chi connectivity index (χ4n) is 2.43. The fraction of sp³-hybridized carbons (Fsp3) is 0.733. The summed E-state index contributed by atoms with van der Waals surface area (Å²) in [5.74, 6) is 1.75. The summed E-state index contributed by atoms with van der Waals surface area (Å²) < 4.78 is 5.23. The van der Waals surface area contributed by atoms with Crippen LogP contribution in [0.5, 0.6) is 0 Å². The first-order valence-corrected chi connectivity index (χ1v) is 7.72. The van der Waals surface area contributed by atoms with E-state index < -0.39 is 0 Å². The van der Waals surface area contributed by atoms with E-state index >= 15 is 0 Å². The summed E-state index contributed by atoms with van der Waals surface area (Å²) in [4.78, 5) is 11.8. The minimum atomic E-state index is 0.0122. The molecule has 0 aromatic carbocycles. The zero-order chi connectivity index (χ0) is 14.9. The molecule has 0 spiro atoms. The zero-order valence-corrected chi connectivity index (χ0v) is 13.1. The predicted molar refractivity (Wildman–Crippen MR) is 84.0 cm³/mol. The second kappa shape index (κ2) is 5.77. The molecule has 0 bridgehead atoms.